The lowest BCUT2D eigenvalue weighted by Gasteiger charge is -2.35. The quantitative estimate of drug-likeness (QED) is 0.109. The summed E-state index contributed by atoms with van der Waals surface area (Å²) < 4.78 is 42.0. The molecule has 0 radical (unpaired) electrons. The lowest BCUT2D eigenvalue weighted by molar-refractivity contribution is -0.144. The smallest absolute Gasteiger partial charge is 0.126 e. The van der Waals surface area contributed by atoms with E-state index in [4.69, 9.17) is 23.7 Å². The lowest BCUT2D eigenvalue weighted by atomic mass is 9.69. The van der Waals surface area contributed by atoms with Crippen LogP contribution in [0.2, 0.25) is 0 Å². The Hall–Kier alpha value is -3.25. The Labute approximate surface area is 271 Å². The molecule has 10 heteroatoms. The first-order chi connectivity index (χ1) is 22.2. The number of hydrogen-bond acceptors (Lipinski definition) is 9. The molecule has 3 N–H and O–H groups in total. The van der Waals surface area contributed by atoms with Gasteiger partial charge in [0.05, 0.1) is 33.0 Å². The van der Waals surface area contributed by atoms with Gasteiger partial charge in [0.1, 0.15) is 23.9 Å². The molecule has 0 atom stereocenters. The summed E-state index contributed by atoms with van der Waals surface area (Å²) in [4.78, 5) is 4.00. The maximum Gasteiger partial charge on any atom is 0.126 e. The standard InChI is InChI=1S/C36H49FO9/c1-7-41-18-24-12-30(13-25(33(24)38)19-42-8-2)36(6,32-16-28(22-45-11-5)35(40)29(17-32)23-46-37)31-14-26(20-43-9-3)34(39)27(15-31)21-44-10-4/h12-17,38-40H,7-11,18-23H2,1-6H3. The molecule has 0 heterocycles. The van der Waals surface area contributed by atoms with Crippen molar-refractivity contribution in [3.63, 3.8) is 0 Å². The Bertz CT molecular complexity index is 1280. The van der Waals surface area contributed by atoms with Crippen LogP contribution in [0, 0.1) is 0 Å². The van der Waals surface area contributed by atoms with E-state index in [0.717, 1.165) is 11.1 Å². The minimum atomic E-state index is -1.01. The summed E-state index contributed by atoms with van der Waals surface area (Å²) in [5, 5.41) is 33.6. The molecule has 46 heavy (non-hydrogen) atoms. The normalized spacial score (nSPS) is 11.8. The van der Waals surface area contributed by atoms with Crippen LogP contribution in [-0.2, 0) is 73.7 Å². The van der Waals surface area contributed by atoms with Crippen LogP contribution < -0.4 is 0 Å². The minimum absolute atomic E-state index is 0.0852. The second-order valence-electron chi connectivity index (χ2n) is 11.0. The van der Waals surface area contributed by atoms with Gasteiger partial charge in [-0.25, -0.2) is 0 Å². The summed E-state index contributed by atoms with van der Waals surface area (Å²) in [6, 6.07) is 11.1. The number of phenolic OH excluding ortho intramolecular Hbond substituents is 3. The Kier molecular flexibility index (Phi) is 14.7. The molecule has 0 aromatic heterocycles. The molecule has 0 saturated carbocycles. The summed E-state index contributed by atoms with van der Waals surface area (Å²) in [6.45, 7) is 13.9. The molecule has 0 fully saturated rings. The van der Waals surface area contributed by atoms with Crippen molar-refractivity contribution in [2.24, 2.45) is 0 Å². The van der Waals surface area contributed by atoms with Crippen molar-refractivity contribution in [1.29, 1.82) is 0 Å². The van der Waals surface area contributed by atoms with Gasteiger partial charge < -0.3 is 39.0 Å². The summed E-state index contributed by atoms with van der Waals surface area (Å²) >= 11 is 0. The molecule has 0 unspecified atom stereocenters. The first kappa shape index (κ1) is 37.2. The first-order valence-corrected chi connectivity index (χ1v) is 15.9. The highest BCUT2D eigenvalue weighted by molar-refractivity contribution is 5.59. The topological polar surface area (TPSA) is 116 Å². The van der Waals surface area contributed by atoms with Gasteiger partial charge in [0.25, 0.3) is 0 Å². The van der Waals surface area contributed by atoms with Crippen molar-refractivity contribution >= 4 is 0 Å². The number of ether oxygens (including phenoxy) is 5. The zero-order valence-corrected chi connectivity index (χ0v) is 27.9. The molecule has 0 spiro atoms. The third kappa shape index (κ3) is 8.76. The van der Waals surface area contributed by atoms with E-state index in [0.29, 0.717) is 66.4 Å². The van der Waals surface area contributed by atoms with Gasteiger partial charge in [-0.1, -0.05) is 0 Å². The van der Waals surface area contributed by atoms with Crippen molar-refractivity contribution in [1.82, 2.24) is 0 Å². The molecule has 0 amide bonds. The number of aromatic hydroxyl groups is 3. The third-order valence-corrected chi connectivity index (χ3v) is 8.05. The summed E-state index contributed by atoms with van der Waals surface area (Å²) in [7, 11) is 0. The monoisotopic (exact) mass is 644 g/mol. The largest absolute Gasteiger partial charge is 0.507 e. The predicted molar refractivity (Wildman–Crippen MR) is 172 cm³/mol. The van der Waals surface area contributed by atoms with Crippen molar-refractivity contribution in [2.45, 2.75) is 86.6 Å². The zero-order chi connectivity index (χ0) is 33.7. The van der Waals surface area contributed by atoms with E-state index in [1.807, 2.05) is 71.9 Å². The summed E-state index contributed by atoms with van der Waals surface area (Å²) in [5.41, 5.74) is 4.22. The van der Waals surface area contributed by atoms with Gasteiger partial charge in [0, 0.05) is 71.8 Å². The molecule has 3 aromatic rings. The van der Waals surface area contributed by atoms with E-state index in [9.17, 15) is 19.8 Å². The number of halogens is 1. The predicted octanol–water partition coefficient (Wildman–Crippen LogP) is 7.24. The molecule has 0 saturated heterocycles. The maximum atomic E-state index is 13.3. The number of benzene rings is 3. The Balaban J connectivity index is 2.48. The van der Waals surface area contributed by atoms with E-state index < -0.39 is 12.0 Å². The third-order valence-electron chi connectivity index (χ3n) is 8.05. The van der Waals surface area contributed by atoms with Crippen LogP contribution in [0.15, 0.2) is 36.4 Å². The van der Waals surface area contributed by atoms with Crippen LogP contribution >= 0.6 is 0 Å². The molecule has 0 bridgehead atoms. The summed E-state index contributed by atoms with van der Waals surface area (Å²) in [6.07, 6.45) is 0. The highest BCUT2D eigenvalue weighted by Gasteiger charge is 2.35. The minimum Gasteiger partial charge on any atom is -0.507 e. The fourth-order valence-corrected chi connectivity index (χ4v) is 5.43. The average Bonchev–Trinajstić information content (AvgIpc) is 3.06. The average molecular weight is 645 g/mol. The lowest BCUT2D eigenvalue weighted by Crippen LogP contribution is -2.27. The van der Waals surface area contributed by atoms with E-state index in [1.54, 1.807) is 6.07 Å². The van der Waals surface area contributed by atoms with E-state index in [1.165, 1.54) is 0 Å². The molecule has 254 valence electrons. The molecule has 0 aliphatic rings. The van der Waals surface area contributed by atoms with Crippen LogP contribution in [0.4, 0.5) is 4.53 Å². The SMILES string of the molecule is CCOCc1cc(C(C)(c2cc(COCC)c(O)c(COCC)c2)c2cc(COCC)c(O)c(COCC)c2)cc(COF)c1O. The number of hydrogen-bond donors (Lipinski definition) is 3. The van der Waals surface area contributed by atoms with Gasteiger partial charge in [-0.2, -0.15) is 4.94 Å². The zero-order valence-electron chi connectivity index (χ0n) is 27.9. The van der Waals surface area contributed by atoms with Crippen LogP contribution in [0.1, 0.15) is 91.6 Å². The fraction of sp³-hybridized carbons (Fsp3) is 0.500. The highest BCUT2D eigenvalue weighted by Crippen LogP contribution is 2.45. The summed E-state index contributed by atoms with van der Waals surface area (Å²) in [5.74, 6) is 0.0563. The van der Waals surface area contributed by atoms with E-state index in [-0.39, 0.29) is 55.8 Å². The molecular formula is C36H49FO9. The maximum absolute atomic E-state index is 13.3. The van der Waals surface area contributed by atoms with Crippen molar-refractivity contribution in [3.8, 4) is 17.2 Å². The van der Waals surface area contributed by atoms with Gasteiger partial charge in [0.2, 0.25) is 0 Å². The Morgan fingerprint density at radius 3 is 0.870 bits per heavy atom. The second kappa shape index (κ2) is 18.2. The van der Waals surface area contributed by atoms with Crippen LogP contribution in [0.25, 0.3) is 0 Å². The second-order valence-corrected chi connectivity index (χ2v) is 11.0. The number of rotatable bonds is 20. The van der Waals surface area contributed by atoms with Crippen molar-refractivity contribution < 1.29 is 48.5 Å². The van der Waals surface area contributed by atoms with Crippen LogP contribution in [-0.4, -0.2) is 48.4 Å². The molecular weight excluding hydrogens is 595 g/mol. The van der Waals surface area contributed by atoms with Crippen LogP contribution in [0.5, 0.6) is 17.2 Å². The molecule has 3 rings (SSSR count). The molecule has 9 nitrogen and oxygen atoms in total. The molecule has 3 aromatic carbocycles. The number of phenols is 3. The van der Waals surface area contributed by atoms with E-state index in [2.05, 4.69) is 4.94 Å². The Morgan fingerprint density at radius 2 is 0.674 bits per heavy atom. The first-order valence-electron chi connectivity index (χ1n) is 15.9. The Morgan fingerprint density at radius 1 is 0.457 bits per heavy atom. The van der Waals surface area contributed by atoms with Crippen LogP contribution in [0.3, 0.4) is 0 Å². The highest BCUT2D eigenvalue weighted by atomic mass is 19.3. The molecule has 0 aliphatic carbocycles. The van der Waals surface area contributed by atoms with Gasteiger partial charge in [-0.05, 0) is 99.2 Å². The van der Waals surface area contributed by atoms with Crippen molar-refractivity contribution in [3.05, 3.63) is 86.5 Å². The molecule has 0 aliphatic heterocycles. The van der Waals surface area contributed by atoms with Gasteiger partial charge in [-0.15, -0.1) is 0 Å². The van der Waals surface area contributed by atoms with Gasteiger partial charge in [-0.3, -0.25) is 0 Å². The van der Waals surface area contributed by atoms with Gasteiger partial charge in [0.15, 0.2) is 0 Å². The van der Waals surface area contributed by atoms with E-state index >= 15 is 0 Å². The van der Waals surface area contributed by atoms with Crippen molar-refractivity contribution in [2.75, 3.05) is 33.0 Å². The van der Waals surface area contributed by atoms with Gasteiger partial charge >= 0.3 is 0 Å². The fourth-order valence-electron chi connectivity index (χ4n) is 5.43.